The first kappa shape index (κ1) is 25.1. The third-order valence-electron chi connectivity index (χ3n) is 6.27. The molecule has 1 aliphatic rings. The Hall–Kier alpha value is -4.00. The predicted octanol–water partition coefficient (Wildman–Crippen LogP) is 6.16. The number of hydrogen-bond acceptors (Lipinski definition) is 4. The molecule has 3 aromatic rings. The highest BCUT2D eigenvalue weighted by Gasteiger charge is 2.30. The van der Waals surface area contributed by atoms with E-state index in [2.05, 4.69) is 24.5 Å². The Morgan fingerprint density at radius 3 is 2.33 bits per heavy atom. The average molecular weight is 488 g/mol. The Bertz CT molecular complexity index is 1210. The van der Waals surface area contributed by atoms with E-state index in [9.17, 15) is 9.59 Å². The molecule has 3 aromatic carbocycles. The molecule has 2 N–H and O–H groups in total. The molecular weight excluding hydrogens is 454 g/mol. The third kappa shape index (κ3) is 5.97. The van der Waals surface area contributed by atoms with Crippen LogP contribution in [0, 0.1) is 0 Å². The van der Waals surface area contributed by atoms with Crippen molar-refractivity contribution in [2.75, 3.05) is 17.7 Å². The van der Waals surface area contributed by atoms with Gasteiger partial charge in [0.25, 0.3) is 5.91 Å². The highest BCUT2D eigenvalue weighted by atomic mass is 16.5. The molecule has 0 radical (unpaired) electrons. The van der Waals surface area contributed by atoms with Gasteiger partial charge >= 0.3 is 6.03 Å². The SMILES string of the molecule is CC[C@H]1Oc2ccc(NC(=O)Nc3ccc(C(C)C)cc3)cc2CN(Cc2ccc(OC)cc2)C1=O. The first-order valence-electron chi connectivity index (χ1n) is 12.3. The Balaban J connectivity index is 1.49. The number of hydrogen-bond donors (Lipinski definition) is 2. The quantitative estimate of drug-likeness (QED) is 0.418. The van der Waals surface area contributed by atoms with Crippen molar-refractivity contribution in [2.24, 2.45) is 0 Å². The molecule has 0 bridgehead atoms. The van der Waals surface area contributed by atoms with Crippen molar-refractivity contribution in [1.29, 1.82) is 0 Å². The highest BCUT2D eigenvalue weighted by molar-refractivity contribution is 5.99. The van der Waals surface area contributed by atoms with E-state index in [-0.39, 0.29) is 11.9 Å². The first-order chi connectivity index (χ1) is 17.4. The molecule has 1 heterocycles. The maximum Gasteiger partial charge on any atom is 0.323 e. The Morgan fingerprint density at radius 1 is 1.03 bits per heavy atom. The summed E-state index contributed by atoms with van der Waals surface area (Å²) < 4.78 is 11.3. The maximum absolute atomic E-state index is 13.2. The third-order valence-corrected chi connectivity index (χ3v) is 6.27. The molecule has 0 saturated carbocycles. The van der Waals surface area contributed by atoms with Crippen LogP contribution in [-0.4, -0.2) is 30.1 Å². The molecular formula is C29H33N3O4. The summed E-state index contributed by atoms with van der Waals surface area (Å²) in [7, 11) is 1.63. The van der Waals surface area contributed by atoms with Gasteiger partial charge in [-0.25, -0.2) is 4.79 Å². The van der Waals surface area contributed by atoms with Crippen molar-refractivity contribution in [1.82, 2.24) is 4.90 Å². The maximum atomic E-state index is 13.2. The van der Waals surface area contributed by atoms with Crippen LogP contribution in [0.3, 0.4) is 0 Å². The van der Waals surface area contributed by atoms with E-state index in [0.717, 1.165) is 22.6 Å². The number of urea groups is 1. The summed E-state index contributed by atoms with van der Waals surface area (Å²) in [6.45, 7) is 7.03. The van der Waals surface area contributed by atoms with Gasteiger partial charge in [-0.15, -0.1) is 0 Å². The molecule has 1 atom stereocenters. The first-order valence-corrected chi connectivity index (χ1v) is 12.3. The summed E-state index contributed by atoms with van der Waals surface area (Å²) in [4.78, 5) is 27.6. The molecule has 0 unspecified atom stereocenters. The van der Waals surface area contributed by atoms with Gasteiger partial charge in [-0.1, -0.05) is 45.0 Å². The van der Waals surface area contributed by atoms with Gasteiger partial charge in [-0.3, -0.25) is 4.79 Å². The lowest BCUT2D eigenvalue weighted by Crippen LogP contribution is -2.38. The van der Waals surface area contributed by atoms with Crippen molar-refractivity contribution >= 4 is 23.3 Å². The molecule has 4 rings (SSSR count). The molecule has 0 aromatic heterocycles. The topological polar surface area (TPSA) is 79.9 Å². The van der Waals surface area contributed by atoms with Gasteiger partial charge in [0.15, 0.2) is 6.10 Å². The highest BCUT2D eigenvalue weighted by Crippen LogP contribution is 2.30. The molecule has 0 aliphatic carbocycles. The van der Waals surface area contributed by atoms with Crippen LogP contribution in [0.1, 0.15) is 49.8 Å². The zero-order chi connectivity index (χ0) is 25.7. The molecule has 3 amide bonds. The summed E-state index contributed by atoms with van der Waals surface area (Å²) in [5, 5.41) is 5.76. The summed E-state index contributed by atoms with van der Waals surface area (Å²) >= 11 is 0. The van der Waals surface area contributed by atoms with Gasteiger partial charge in [-0.2, -0.15) is 0 Å². The fourth-order valence-electron chi connectivity index (χ4n) is 4.17. The van der Waals surface area contributed by atoms with Gasteiger partial charge < -0.3 is 25.0 Å². The van der Waals surface area contributed by atoms with Crippen molar-refractivity contribution in [3.63, 3.8) is 0 Å². The molecule has 7 nitrogen and oxygen atoms in total. The second-order valence-corrected chi connectivity index (χ2v) is 9.24. The molecule has 188 valence electrons. The lowest BCUT2D eigenvalue weighted by Gasteiger charge is -2.23. The van der Waals surface area contributed by atoms with E-state index in [0.29, 0.717) is 36.9 Å². The molecule has 0 fully saturated rings. The summed E-state index contributed by atoms with van der Waals surface area (Å²) in [5.74, 6) is 1.80. The van der Waals surface area contributed by atoms with Crippen LogP contribution in [0.15, 0.2) is 66.7 Å². The van der Waals surface area contributed by atoms with Gasteiger partial charge in [0.1, 0.15) is 11.5 Å². The van der Waals surface area contributed by atoms with Crippen molar-refractivity contribution in [3.8, 4) is 11.5 Å². The Morgan fingerprint density at radius 2 is 1.69 bits per heavy atom. The zero-order valence-corrected chi connectivity index (χ0v) is 21.2. The van der Waals surface area contributed by atoms with Crippen LogP contribution >= 0.6 is 0 Å². The Labute approximate surface area is 212 Å². The van der Waals surface area contributed by atoms with Crippen molar-refractivity contribution in [2.45, 2.75) is 52.3 Å². The minimum atomic E-state index is -0.555. The lowest BCUT2D eigenvalue weighted by molar-refractivity contribution is -0.139. The van der Waals surface area contributed by atoms with Crippen LogP contribution in [0.5, 0.6) is 11.5 Å². The largest absolute Gasteiger partial charge is 0.497 e. The second kappa shape index (κ2) is 11.2. The number of fused-ring (bicyclic) bond motifs is 1. The number of carbonyl (C=O) groups excluding carboxylic acids is 2. The van der Waals surface area contributed by atoms with Crippen LogP contribution in [-0.2, 0) is 17.9 Å². The average Bonchev–Trinajstić information content (AvgIpc) is 3.00. The summed E-state index contributed by atoms with van der Waals surface area (Å²) in [6.07, 6.45) is 0.00970. The van der Waals surface area contributed by atoms with E-state index in [1.165, 1.54) is 5.56 Å². The van der Waals surface area contributed by atoms with E-state index in [1.54, 1.807) is 18.1 Å². The second-order valence-electron chi connectivity index (χ2n) is 9.24. The number of rotatable bonds is 7. The zero-order valence-electron chi connectivity index (χ0n) is 21.2. The number of ether oxygens (including phenoxy) is 2. The molecule has 36 heavy (non-hydrogen) atoms. The lowest BCUT2D eigenvalue weighted by atomic mass is 10.0. The normalized spacial score (nSPS) is 15.1. The van der Waals surface area contributed by atoms with E-state index in [4.69, 9.17) is 9.47 Å². The monoisotopic (exact) mass is 487 g/mol. The number of amides is 3. The number of anilines is 2. The molecule has 7 heteroatoms. The van der Waals surface area contributed by atoms with Gasteiger partial charge in [0.05, 0.1) is 7.11 Å². The molecule has 0 saturated heterocycles. The van der Waals surface area contributed by atoms with E-state index < -0.39 is 6.10 Å². The van der Waals surface area contributed by atoms with Crippen molar-refractivity contribution in [3.05, 3.63) is 83.4 Å². The minimum absolute atomic E-state index is 0.0541. The fourth-order valence-corrected chi connectivity index (χ4v) is 4.17. The van der Waals surface area contributed by atoms with Gasteiger partial charge in [0.2, 0.25) is 0 Å². The van der Waals surface area contributed by atoms with E-state index in [1.807, 2.05) is 67.6 Å². The van der Waals surface area contributed by atoms with Gasteiger partial charge in [-0.05, 0) is 65.9 Å². The number of methoxy groups -OCH3 is 1. The number of nitrogens with one attached hydrogen (secondary N) is 2. The number of benzene rings is 3. The predicted molar refractivity (Wildman–Crippen MR) is 142 cm³/mol. The smallest absolute Gasteiger partial charge is 0.323 e. The summed E-state index contributed by atoms with van der Waals surface area (Å²) in [6, 6.07) is 20.6. The van der Waals surface area contributed by atoms with Crippen LogP contribution in [0.4, 0.5) is 16.2 Å². The number of carbonyl (C=O) groups is 2. The fraction of sp³-hybridized carbons (Fsp3) is 0.310. The minimum Gasteiger partial charge on any atom is -0.497 e. The van der Waals surface area contributed by atoms with Crippen LogP contribution < -0.4 is 20.1 Å². The van der Waals surface area contributed by atoms with Crippen molar-refractivity contribution < 1.29 is 19.1 Å². The van der Waals surface area contributed by atoms with Gasteiger partial charge in [0, 0.05) is 30.0 Å². The summed E-state index contributed by atoms with van der Waals surface area (Å²) in [5.41, 5.74) is 4.40. The Kier molecular flexibility index (Phi) is 7.78. The molecule has 1 aliphatic heterocycles. The van der Waals surface area contributed by atoms with Crippen LogP contribution in [0.25, 0.3) is 0 Å². The standard InChI is InChI=1S/C29H33N3O4/c1-5-26-28(33)32(17-20-6-13-25(35-4)14-7-20)18-22-16-24(12-15-27(22)36-26)31-29(34)30-23-10-8-21(9-11-23)19(2)3/h6-16,19,26H,5,17-18H2,1-4H3,(H2,30,31,34)/t26-/m1/s1. The van der Waals surface area contributed by atoms with Crippen LogP contribution in [0.2, 0.25) is 0 Å². The number of nitrogens with zero attached hydrogens (tertiary/aromatic N) is 1. The van der Waals surface area contributed by atoms with E-state index >= 15 is 0 Å². The molecule has 0 spiro atoms.